The second kappa shape index (κ2) is 8.31. The van der Waals surface area contributed by atoms with E-state index >= 15 is 0 Å². The summed E-state index contributed by atoms with van der Waals surface area (Å²) in [5.74, 6) is -1.16. The average molecular weight is 195 g/mol. The van der Waals surface area contributed by atoms with Crippen molar-refractivity contribution in [1.82, 2.24) is 0 Å². The van der Waals surface area contributed by atoms with Crippen LogP contribution in [0.4, 0.5) is 0 Å². The van der Waals surface area contributed by atoms with Gasteiger partial charge in [-0.15, -0.1) is 0 Å². The Hall–Kier alpha value is -0.790. The third-order valence-electron chi connectivity index (χ3n) is 0.737. The number of primary amides is 1. The number of carbonyl (C=O) groups is 2. The molecule has 1 amide bonds. The summed E-state index contributed by atoms with van der Waals surface area (Å²) in [4.78, 5) is 19.2. The van der Waals surface area contributed by atoms with Gasteiger partial charge in [-0.3, -0.25) is 9.59 Å². The van der Waals surface area contributed by atoms with Crippen molar-refractivity contribution in [3.8, 4) is 0 Å². The maximum absolute atomic E-state index is 9.98. The first-order valence-corrected chi connectivity index (χ1v) is 3.66. The molecule has 0 saturated carbocycles. The quantitative estimate of drug-likeness (QED) is 0.325. The largest absolute Gasteiger partial charge is 0.480 e. The van der Waals surface area contributed by atoms with Crippen molar-refractivity contribution in [1.29, 1.82) is 0 Å². The summed E-state index contributed by atoms with van der Waals surface area (Å²) >= 11 is 3.73. The number of hydrogen-bond donors (Lipinski definition) is 5. The highest BCUT2D eigenvalue weighted by Gasteiger charge is 2.03. The predicted octanol–water partition coefficient (Wildman–Crippen LogP) is -2.24. The maximum Gasteiger partial charge on any atom is 0.317 e. The summed E-state index contributed by atoms with van der Waals surface area (Å²) in [5, 5.41) is 7.60. The van der Waals surface area contributed by atoms with Gasteiger partial charge in [0.15, 0.2) is 0 Å². The van der Waals surface area contributed by atoms with Gasteiger partial charge in [-0.05, 0) is 0 Å². The number of hydrogen-bond acceptors (Lipinski definition) is 5. The minimum atomic E-state index is -0.968. The molecule has 0 rings (SSSR count). The van der Waals surface area contributed by atoms with Crippen LogP contribution in [0.3, 0.4) is 0 Å². The van der Waals surface area contributed by atoms with Crippen LogP contribution in [0.1, 0.15) is 0 Å². The molecule has 7 heteroatoms. The van der Waals surface area contributed by atoms with Crippen LogP contribution in [0, 0.1) is 0 Å². The third-order valence-corrected chi connectivity index (χ3v) is 1.13. The van der Waals surface area contributed by atoms with E-state index in [1.807, 2.05) is 0 Å². The van der Waals surface area contributed by atoms with Crippen LogP contribution >= 0.6 is 12.6 Å². The Morgan fingerprint density at radius 1 is 1.50 bits per heavy atom. The molecule has 0 spiro atoms. The molecule has 0 aromatic rings. The van der Waals surface area contributed by atoms with Crippen LogP contribution < -0.4 is 17.2 Å². The number of rotatable bonds is 3. The number of carboxylic acid groups (broad SMARTS) is 1. The number of thiol groups is 1. The highest BCUT2D eigenvalue weighted by Crippen LogP contribution is 1.78. The number of carboxylic acids is 1. The van der Waals surface area contributed by atoms with E-state index in [2.05, 4.69) is 18.4 Å². The van der Waals surface area contributed by atoms with Gasteiger partial charge in [-0.2, -0.15) is 12.6 Å². The van der Waals surface area contributed by atoms with Crippen molar-refractivity contribution >= 4 is 24.5 Å². The minimum Gasteiger partial charge on any atom is -0.480 e. The Bertz CT molecular complexity index is 153. The van der Waals surface area contributed by atoms with Crippen molar-refractivity contribution < 1.29 is 14.7 Å². The van der Waals surface area contributed by atoms with Gasteiger partial charge in [-0.25, -0.2) is 0 Å². The van der Waals surface area contributed by atoms with E-state index in [1.165, 1.54) is 0 Å². The molecule has 0 saturated heterocycles. The monoisotopic (exact) mass is 195 g/mol. The van der Waals surface area contributed by atoms with Crippen molar-refractivity contribution in [2.75, 3.05) is 12.3 Å². The van der Waals surface area contributed by atoms with Gasteiger partial charge in [0.25, 0.3) is 0 Å². The Kier molecular flexibility index (Phi) is 9.54. The Labute approximate surface area is 75.5 Å². The number of nitrogens with two attached hydrogens (primary N) is 3. The third kappa shape index (κ3) is 11.9. The van der Waals surface area contributed by atoms with Gasteiger partial charge in [0.05, 0.1) is 12.6 Å². The molecule has 1 unspecified atom stereocenters. The zero-order valence-corrected chi connectivity index (χ0v) is 7.33. The highest BCUT2D eigenvalue weighted by molar-refractivity contribution is 7.80. The molecule has 0 heterocycles. The second-order valence-electron chi connectivity index (χ2n) is 1.79. The molecule has 7 N–H and O–H groups in total. The van der Waals surface area contributed by atoms with Crippen LogP contribution in [0.15, 0.2) is 0 Å². The first kappa shape index (κ1) is 13.8. The van der Waals surface area contributed by atoms with Crippen molar-refractivity contribution in [2.45, 2.75) is 6.04 Å². The molecule has 0 aliphatic carbocycles. The topological polar surface area (TPSA) is 132 Å². The lowest BCUT2D eigenvalue weighted by atomic mass is 10.4. The van der Waals surface area contributed by atoms with Gasteiger partial charge in [0.1, 0.15) is 0 Å². The Balaban J connectivity index is 0. The SMILES string of the molecule is NC(=O)C(N)CS.NCC(=O)O. The maximum atomic E-state index is 9.98. The molecular weight excluding hydrogens is 182 g/mol. The molecule has 0 aliphatic heterocycles. The van der Waals surface area contributed by atoms with Crippen LogP contribution in [0.25, 0.3) is 0 Å². The highest BCUT2D eigenvalue weighted by atomic mass is 32.1. The van der Waals surface area contributed by atoms with E-state index in [9.17, 15) is 9.59 Å². The molecule has 0 bridgehead atoms. The van der Waals surface area contributed by atoms with E-state index in [4.69, 9.17) is 16.6 Å². The molecule has 0 radical (unpaired) electrons. The fourth-order valence-corrected chi connectivity index (χ4v) is 0.270. The molecule has 72 valence electrons. The molecule has 0 aromatic carbocycles. The molecule has 6 nitrogen and oxygen atoms in total. The fourth-order valence-electron chi connectivity index (χ4n) is 0.0900. The first-order chi connectivity index (χ1) is 5.45. The Morgan fingerprint density at radius 3 is 1.83 bits per heavy atom. The summed E-state index contributed by atoms with van der Waals surface area (Å²) in [7, 11) is 0. The zero-order chi connectivity index (χ0) is 10.1. The molecule has 0 aliphatic rings. The lowest BCUT2D eigenvalue weighted by molar-refractivity contribution is -0.135. The van der Waals surface area contributed by atoms with Crippen LogP contribution in [0.5, 0.6) is 0 Å². The van der Waals surface area contributed by atoms with Gasteiger partial charge >= 0.3 is 5.97 Å². The summed E-state index contributed by atoms with van der Waals surface area (Å²) in [6, 6.07) is -0.594. The van der Waals surface area contributed by atoms with Crippen molar-refractivity contribution in [2.24, 2.45) is 17.2 Å². The van der Waals surface area contributed by atoms with E-state index in [0.717, 1.165) is 0 Å². The number of amides is 1. The van der Waals surface area contributed by atoms with Crippen molar-refractivity contribution in [3.63, 3.8) is 0 Å². The van der Waals surface area contributed by atoms with Crippen LogP contribution in [-0.4, -0.2) is 35.3 Å². The summed E-state index contributed by atoms with van der Waals surface area (Å²) < 4.78 is 0. The standard InChI is InChI=1S/C3H8N2OS.C2H5NO2/c4-2(1-7)3(5)6;3-1-2(4)5/h2,7H,1,4H2,(H2,5,6);1,3H2,(H,4,5). The van der Waals surface area contributed by atoms with Crippen LogP contribution in [0.2, 0.25) is 0 Å². The molecular formula is C5H13N3O3S. The average Bonchev–Trinajstić information content (AvgIpc) is 2.04. The lowest BCUT2D eigenvalue weighted by Gasteiger charge is -1.98. The van der Waals surface area contributed by atoms with E-state index in [-0.39, 0.29) is 6.54 Å². The van der Waals surface area contributed by atoms with Gasteiger partial charge in [-0.1, -0.05) is 0 Å². The van der Waals surface area contributed by atoms with Gasteiger partial charge < -0.3 is 22.3 Å². The molecule has 0 aromatic heterocycles. The second-order valence-corrected chi connectivity index (χ2v) is 2.15. The fraction of sp³-hybridized carbons (Fsp3) is 0.600. The summed E-state index contributed by atoms with van der Waals surface area (Å²) in [5.41, 5.74) is 14.4. The normalized spacial score (nSPS) is 10.9. The predicted molar refractivity (Wildman–Crippen MR) is 47.7 cm³/mol. The van der Waals surface area contributed by atoms with Crippen LogP contribution in [-0.2, 0) is 9.59 Å². The summed E-state index contributed by atoms with van der Waals surface area (Å²) in [6.07, 6.45) is 0. The minimum absolute atomic E-state index is 0.278. The van der Waals surface area contributed by atoms with E-state index in [0.29, 0.717) is 5.75 Å². The molecule has 12 heavy (non-hydrogen) atoms. The van der Waals surface area contributed by atoms with Crippen molar-refractivity contribution in [3.05, 3.63) is 0 Å². The number of carbonyl (C=O) groups excluding carboxylic acids is 1. The van der Waals surface area contributed by atoms with E-state index in [1.54, 1.807) is 0 Å². The molecule has 1 atom stereocenters. The summed E-state index contributed by atoms with van der Waals surface area (Å²) in [6.45, 7) is -0.278. The smallest absolute Gasteiger partial charge is 0.317 e. The lowest BCUT2D eigenvalue weighted by Crippen LogP contribution is -2.37. The Morgan fingerprint density at radius 2 is 1.83 bits per heavy atom. The van der Waals surface area contributed by atoms with Gasteiger partial charge in [0.2, 0.25) is 5.91 Å². The van der Waals surface area contributed by atoms with E-state index < -0.39 is 17.9 Å². The van der Waals surface area contributed by atoms with Gasteiger partial charge in [0, 0.05) is 5.75 Å². The first-order valence-electron chi connectivity index (χ1n) is 3.03. The number of aliphatic carboxylic acids is 1. The molecule has 0 fully saturated rings. The zero-order valence-electron chi connectivity index (χ0n) is 6.43.